The number of rotatable bonds is 1. The average Bonchev–Trinajstić information content (AvgIpc) is 2.47. The van der Waals surface area contributed by atoms with Crippen LogP contribution in [0.2, 0.25) is 0 Å². The summed E-state index contributed by atoms with van der Waals surface area (Å²) in [6.45, 7) is 0. The highest BCUT2D eigenvalue weighted by Gasteiger charge is 2.05. The van der Waals surface area contributed by atoms with Crippen molar-refractivity contribution in [2.24, 2.45) is 0 Å². The van der Waals surface area contributed by atoms with Crippen LogP contribution in [0.1, 0.15) is 5.56 Å². The van der Waals surface area contributed by atoms with Gasteiger partial charge in [-0.3, -0.25) is 4.98 Å². The van der Waals surface area contributed by atoms with Crippen LogP contribution in [-0.4, -0.2) is 4.98 Å². The molecule has 0 fully saturated rings. The van der Waals surface area contributed by atoms with Gasteiger partial charge in [-0.1, -0.05) is 12.1 Å². The lowest BCUT2D eigenvalue weighted by molar-refractivity contribution is 0.553. The van der Waals surface area contributed by atoms with Crippen molar-refractivity contribution in [3.63, 3.8) is 0 Å². The van der Waals surface area contributed by atoms with Gasteiger partial charge in [0.25, 0.3) is 0 Å². The summed E-state index contributed by atoms with van der Waals surface area (Å²) in [5.74, 6) is -0.486. The molecule has 4 nitrogen and oxygen atoms in total. The number of hydrogen-bond acceptors (Lipinski definition) is 3. The van der Waals surface area contributed by atoms with E-state index in [9.17, 15) is 4.79 Å². The molecule has 2 rings (SSSR count). The number of aromatic nitrogens is 1. The summed E-state index contributed by atoms with van der Waals surface area (Å²) in [6, 6.07) is 7.29. The number of hydrogen-bond donors (Lipinski definition) is 1. The van der Waals surface area contributed by atoms with Gasteiger partial charge in [0.1, 0.15) is 0 Å². The molecule has 0 aliphatic carbocycles. The second kappa shape index (κ2) is 2.79. The zero-order valence-corrected chi connectivity index (χ0v) is 6.70. The Morgan fingerprint density at radius 2 is 2.38 bits per heavy atom. The quantitative estimate of drug-likeness (QED) is 0.705. The van der Waals surface area contributed by atoms with Crippen LogP contribution in [0, 0.1) is 11.3 Å². The van der Waals surface area contributed by atoms with Gasteiger partial charge < -0.3 is 4.42 Å². The minimum atomic E-state index is -0.486. The van der Waals surface area contributed by atoms with Crippen molar-refractivity contribution in [2.75, 3.05) is 0 Å². The van der Waals surface area contributed by atoms with Crippen molar-refractivity contribution < 1.29 is 4.42 Å². The standard InChI is InChI=1S/C9H6N2O2/c10-5-4-6-2-1-3-7-8(6)13-9(12)11-7/h1-3H,4H2,(H,11,12). The Kier molecular flexibility index (Phi) is 1.64. The van der Waals surface area contributed by atoms with Crippen molar-refractivity contribution in [1.29, 1.82) is 5.26 Å². The molecule has 0 saturated carbocycles. The Bertz CT molecular complexity index is 530. The van der Waals surface area contributed by atoms with Gasteiger partial charge in [0.2, 0.25) is 0 Å². The van der Waals surface area contributed by atoms with Crippen LogP contribution in [0.4, 0.5) is 0 Å². The van der Waals surface area contributed by atoms with Gasteiger partial charge in [-0.05, 0) is 6.07 Å². The summed E-state index contributed by atoms with van der Waals surface area (Å²) in [6.07, 6.45) is 0.248. The zero-order valence-electron chi connectivity index (χ0n) is 6.70. The molecule has 0 amide bonds. The highest BCUT2D eigenvalue weighted by Crippen LogP contribution is 2.15. The van der Waals surface area contributed by atoms with E-state index in [1.807, 2.05) is 6.07 Å². The first-order valence-corrected chi connectivity index (χ1v) is 3.79. The summed E-state index contributed by atoms with van der Waals surface area (Å²) in [4.78, 5) is 13.4. The second-order valence-corrected chi connectivity index (χ2v) is 2.64. The van der Waals surface area contributed by atoms with E-state index in [0.29, 0.717) is 11.1 Å². The van der Waals surface area contributed by atoms with Gasteiger partial charge in [0, 0.05) is 5.56 Å². The second-order valence-electron chi connectivity index (χ2n) is 2.64. The summed E-state index contributed by atoms with van der Waals surface area (Å²) in [5, 5.41) is 8.51. The molecular formula is C9H6N2O2. The minimum absolute atomic E-state index is 0.248. The van der Waals surface area contributed by atoms with Gasteiger partial charge in [-0.15, -0.1) is 0 Å². The maximum atomic E-state index is 10.8. The van der Waals surface area contributed by atoms with Crippen molar-refractivity contribution in [2.45, 2.75) is 6.42 Å². The van der Waals surface area contributed by atoms with Crippen molar-refractivity contribution >= 4 is 11.1 Å². The lowest BCUT2D eigenvalue weighted by atomic mass is 10.1. The largest absolute Gasteiger partial charge is 0.417 e. The Balaban J connectivity index is 2.76. The summed E-state index contributed by atoms with van der Waals surface area (Å²) >= 11 is 0. The van der Waals surface area contributed by atoms with Crippen LogP contribution in [0.3, 0.4) is 0 Å². The molecule has 1 aromatic carbocycles. The lowest BCUT2D eigenvalue weighted by Crippen LogP contribution is -1.92. The third-order valence-corrected chi connectivity index (χ3v) is 1.80. The zero-order chi connectivity index (χ0) is 9.26. The van der Waals surface area contributed by atoms with Gasteiger partial charge in [-0.25, -0.2) is 4.79 Å². The van der Waals surface area contributed by atoms with Crippen LogP contribution >= 0.6 is 0 Å². The third-order valence-electron chi connectivity index (χ3n) is 1.80. The molecule has 0 aliphatic rings. The highest BCUT2D eigenvalue weighted by atomic mass is 16.4. The molecule has 13 heavy (non-hydrogen) atoms. The Morgan fingerprint density at radius 1 is 1.54 bits per heavy atom. The predicted molar refractivity (Wildman–Crippen MR) is 46.2 cm³/mol. The molecule has 0 spiro atoms. The Labute approximate surface area is 73.4 Å². The van der Waals surface area contributed by atoms with Crippen LogP contribution in [-0.2, 0) is 6.42 Å². The fraction of sp³-hybridized carbons (Fsp3) is 0.111. The fourth-order valence-corrected chi connectivity index (χ4v) is 1.26. The topological polar surface area (TPSA) is 69.8 Å². The van der Waals surface area contributed by atoms with Gasteiger partial charge in [-0.2, -0.15) is 5.26 Å². The van der Waals surface area contributed by atoms with Crippen molar-refractivity contribution in [3.8, 4) is 6.07 Å². The van der Waals surface area contributed by atoms with Gasteiger partial charge >= 0.3 is 5.76 Å². The summed E-state index contributed by atoms with van der Waals surface area (Å²) < 4.78 is 4.89. The number of oxazole rings is 1. The van der Waals surface area contributed by atoms with Crippen LogP contribution < -0.4 is 5.76 Å². The van der Waals surface area contributed by atoms with E-state index in [2.05, 4.69) is 4.98 Å². The van der Waals surface area contributed by atoms with Crippen molar-refractivity contribution in [1.82, 2.24) is 4.98 Å². The van der Waals surface area contributed by atoms with E-state index < -0.39 is 5.76 Å². The van der Waals surface area contributed by atoms with Gasteiger partial charge in [0.15, 0.2) is 5.58 Å². The molecule has 0 radical (unpaired) electrons. The number of fused-ring (bicyclic) bond motifs is 1. The molecule has 0 unspecified atom stereocenters. The van der Waals surface area contributed by atoms with E-state index in [1.165, 1.54) is 0 Å². The highest BCUT2D eigenvalue weighted by molar-refractivity contribution is 5.76. The Morgan fingerprint density at radius 3 is 3.15 bits per heavy atom. The molecule has 64 valence electrons. The SMILES string of the molecule is N#CCc1cccc2[nH]c(=O)oc12. The molecule has 4 heteroatoms. The summed E-state index contributed by atoms with van der Waals surface area (Å²) in [5.41, 5.74) is 1.85. The molecule has 0 saturated heterocycles. The molecular weight excluding hydrogens is 168 g/mol. The number of nitrogens with one attached hydrogen (secondary N) is 1. The first kappa shape index (κ1) is 7.62. The molecule has 0 atom stereocenters. The first-order valence-electron chi connectivity index (χ1n) is 3.79. The summed E-state index contributed by atoms with van der Waals surface area (Å²) in [7, 11) is 0. The van der Waals surface area contributed by atoms with E-state index in [0.717, 1.165) is 5.56 Å². The Hall–Kier alpha value is -2.02. The molecule has 0 aliphatic heterocycles. The van der Waals surface area contributed by atoms with E-state index in [1.54, 1.807) is 18.2 Å². The molecule has 0 bridgehead atoms. The number of aromatic amines is 1. The lowest BCUT2D eigenvalue weighted by Gasteiger charge is -1.92. The van der Waals surface area contributed by atoms with E-state index in [4.69, 9.17) is 9.68 Å². The number of para-hydroxylation sites is 1. The monoisotopic (exact) mass is 174 g/mol. The van der Waals surface area contributed by atoms with Crippen LogP contribution in [0.25, 0.3) is 11.1 Å². The van der Waals surface area contributed by atoms with Gasteiger partial charge in [0.05, 0.1) is 18.0 Å². The normalized spacial score (nSPS) is 10.1. The first-order chi connectivity index (χ1) is 6.31. The maximum absolute atomic E-state index is 10.8. The van der Waals surface area contributed by atoms with E-state index in [-0.39, 0.29) is 6.42 Å². The fourth-order valence-electron chi connectivity index (χ4n) is 1.26. The maximum Gasteiger partial charge on any atom is 0.417 e. The molecule has 1 N–H and O–H groups in total. The number of nitriles is 1. The van der Waals surface area contributed by atoms with E-state index >= 15 is 0 Å². The van der Waals surface area contributed by atoms with Crippen LogP contribution in [0.5, 0.6) is 0 Å². The number of benzene rings is 1. The molecule has 1 heterocycles. The smallest absolute Gasteiger partial charge is 0.408 e. The predicted octanol–water partition coefficient (Wildman–Crippen LogP) is 1.19. The number of H-pyrrole nitrogens is 1. The van der Waals surface area contributed by atoms with Crippen LogP contribution in [0.15, 0.2) is 27.4 Å². The molecule has 1 aromatic heterocycles. The average molecular weight is 174 g/mol. The molecule has 2 aromatic rings. The van der Waals surface area contributed by atoms with Crippen molar-refractivity contribution in [3.05, 3.63) is 34.3 Å². The minimum Gasteiger partial charge on any atom is -0.408 e. The third kappa shape index (κ3) is 1.20. The number of nitrogens with zero attached hydrogens (tertiary/aromatic N) is 1.